The van der Waals surface area contributed by atoms with Crippen molar-refractivity contribution < 1.29 is 0 Å². The number of rotatable bonds is 5. The largest absolute Gasteiger partial charge is 0.314 e. The van der Waals surface area contributed by atoms with Crippen LogP contribution in [0.15, 0.2) is 0 Å². The van der Waals surface area contributed by atoms with Crippen molar-refractivity contribution in [3.8, 4) is 0 Å². The Hall–Kier alpha value is -0.120. The van der Waals surface area contributed by atoms with Gasteiger partial charge >= 0.3 is 0 Å². The molecule has 17 heavy (non-hydrogen) atoms. The van der Waals surface area contributed by atoms with E-state index in [4.69, 9.17) is 0 Å². The van der Waals surface area contributed by atoms with Gasteiger partial charge in [0.2, 0.25) is 0 Å². The molecule has 3 nitrogen and oxygen atoms in total. The third-order valence-electron chi connectivity index (χ3n) is 4.60. The lowest BCUT2D eigenvalue weighted by Gasteiger charge is -2.42. The Morgan fingerprint density at radius 1 is 1.24 bits per heavy atom. The normalized spacial score (nSPS) is 30.5. The Balaban J connectivity index is 1.72. The molecule has 2 rings (SSSR count). The van der Waals surface area contributed by atoms with E-state index >= 15 is 0 Å². The summed E-state index contributed by atoms with van der Waals surface area (Å²) in [6.07, 6.45) is 4.19. The van der Waals surface area contributed by atoms with E-state index in [0.717, 1.165) is 12.0 Å². The van der Waals surface area contributed by atoms with Crippen LogP contribution in [0.5, 0.6) is 0 Å². The summed E-state index contributed by atoms with van der Waals surface area (Å²) >= 11 is 0. The number of hydrogen-bond donors (Lipinski definition) is 1. The lowest BCUT2D eigenvalue weighted by molar-refractivity contribution is 0.104. The predicted octanol–water partition coefficient (Wildman–Crippen LogP) is 1.40. The van der Waals surface area contributed by atoms with Crippen LogP contribution in [0.4, 0.5) is 0 Å². The number of nitrogens with one attached hydrogen (secondary N) is 1. The van der Waals surface area contributed by atoms with Gasteiger partial charge in [-0.05, 0) is 51.4 Å². The third-order valence-corrected chi connectivity index (χ3v) is 4.60. The average Bonchev–Trinajstić information content (AvgIpc) is 2.40. The molecule has 0 aromatic carbocycles. The number of likely N-dealkylation sites (N-methyl/N-ethyl adjacent to an activating group) is 1. The number of hydrogen-bond acceptors (Lipinski definition) is 3. The van der Waals surface area contributed by atoms with Crippen LogP contribution in [-0.4, -0.2) is 61.7 Å². The third kappa shape index (κ3) is 3.67. The van der Waals surface area contributed by atoms with Gasteiger partial charge in [0.05, 0.1) is 0 Å². The van der Waals surface area contributed by atoms with E-state index in [1.165, 1.54) is 65.1 Å². The molecule has 0 spiro atoms. The lowest BCUT2D eigenvalue weighted by Crippen LogP contribution is -2.53. The van der Waals surface area contributed by atoms with Crippen molar-refractivity contribution in [3.05, 3.63) is 0 Å². The molecular formula is C14H29N3. The maximum absolute atomic E-state index is 3.69. The molecule has 0 bridgehead atoms. The number of piperidine rings is 2. The van der Waals surface area contributed by atoms with Crippen molar-refractivity contribution in [2.75, 3.05) is 45.8 Å². The fourth-order valence-electron chi connectivity index (χ4n) is 3.35. The second-order valence-electron chi connectivity index (χ2n) is 5.58. The van der Waals surface area contributed by atoms with E-state index in [0.29, 0.717) is 0 Å². The van der Waals surface area contributed by atoms with Gasteiger partial charge in [-0.2, -0.15) is 0 Å². The first-order chi connectivity index (χ1) is 8.33. The Labute approximate surface area is 107 Å². The van der Waals surface area contributed by atoms with Crippen molar-refractivity contribution in [3.63, 3.8) is 0 Å². The van der Waals surface area contributed by atoms with Crippen molar-refractivity contribution in [1.29, 1.82) is 0 Å². The van der Waals surface area contributed by atoms with Gasteiger partial charge in [-0.15, -0.1) is 0 Å². The zero-order valence-corrected chi connectivity index (χ0v) is 11.6. The van der Waals surface area contributed by atoms with Crippen LogP contribution in [0, 0.1) is 5.92 Å². The van der Waals surface area contributed by atoms with Crippen LogP contribution in [-0.2, 0) is 0 Å². The number of likely N-dealkylation sites (tertiary alicyclic amines) is 1. The van der Waals surface area contributed by atoms with Crippen molar-refractivity contribution in [2.45, 2.75) is 39.2 Å². The van der Waals surface area contributed by atoms with Crippen molar-refractivity contribution in [2.24, 2.45) is 5.92 Å². The van der Waals surface area contributed by atoms with E-state index in [1.807, 2.05) is 0 Å². The first-order valence-electron chi connectivity index (χ1n) is 7.51. The van der Waals surface area contributed by atoms with Gasteiger partial charge in [0.15, 0.2) is 0 Å². The molecule has 2 saturated heterocycles. The van der Waals surface area contributed by atoms with Gasteiger partial charge in [-0.25, -0.2) is 0 Å². The Morgan fingerprint density at radius 2 is 2.06 bits per heavy atom. The van der Waals surface area contributed by atoms with E-state index in [9.17, 15) is 0 Å². The van der Waals surface area contributed by atoms with E-state index in [2.05, 4.69) is 29.0 Å². The quantitative estimate of drug-likeness (QED) is 0.782. The van der Waals surface area contributed by atoms with Gasteiger partial charge in [-0.3, -0.25) is 0 Å². The summed E-state index contributed by atoms with van der Waals surface area (Å²) in [5.74, 6) is 0.925. The Morgan fingerprint density at radius 3 is 2.82 bits per heavy atom. The molecule has 2 unspecified atom stereocenters. The van der Waals surface area contributed by atoms with Crippen LogP contribution in [0.1, 0.15) is 33.1 Å². The monoisotopic (exact) mass is 239 g/mol. The molecule has 2 fully saturated rings. The molecule has 2 aliphatic heterocycles. The highest BCUT2D eigenvalue weighted by atomic mass is 15.2. The molecule has 2 aliphatic rings. The molecule has 3 heteroatoms. The molecule has 0 aromatic rings. The van der Waals surface area contributed by atoms with Crippen LogP contribution < -0.4 is 5.32 Å². The van der Waals surface area contributed by atoms with Crippen molar-refractivity contribution >= 4 is 0 Å². The molecule has 1 N–H and O–H groups in total. The van der Waals surface area contributed by atoms with Crippen molar-refractivity contribution in [1.82, 2.24) is 15.1 Å². The number of fused-ring (bicyclic) bond motifs is 1. The molecule has 2 atom stereocenters. The summed E-state index contributed by atoms with van der Waals surface area (Å²) in [5.41, 5.74) is 0. The summed E-state index contributed by atoms with van der Waals surface area (Å²) in [4.78, 5) is 5.22. The smallest absolute Gasteiger partial charge is 0.0120 e. The number of nitrogens with zero attached hydrogens (tertiary/aromatic N) is 2. The molecule has 2 heterocycles. The second-order valence-corrected chi connectivity index (χ2v) is 5.58. The average molecular weight is 239 g/mol. The fraction of sp³-hybridized carbons (Fsp3) is 1.00. The maximum Gasteiger partial charge on any atom is 0.0120 e. The van der Waals surface area contributed by atoms with E-state index in [-0.39, 0.29) is 0 Å². The molecule has 0 saturated carbocycles. The predicted molar refractivity (Wildman–Crippen MR) is 73.4 cm³/mol. The van der Waals surface area contributed by atoms with Gasteiger partial charge in [0.25, 0.3) is 0 Å². The first kappa shape index (κ1) is 13.3. The summed E-state index contributed by atoms with van der Waals surface area (Å²) in [6.45, 7) is 13.3. The Bertz CT molecular complexity index is 216. The van der Waals surface area contributed by atoms with Crippen LogP contribution in [0.2, 0.25) is 0 Å². The highest BCUT2D eigenvalue weighted by Crippen LogP contribution is 2.24. The van der Waals surface area contributed by atoms with Crippen LogP contribution in [0.25, 0.3) is 0 Å². The first-order valence-corrected chi connectivity index (χ1v) is 7.51. The minimum absolute atomic E-state index is 0.827. The SMILES string of the molecule is CCN(CC)CCN1CCC2NCCCC2C1. The lowest BCUT2D eigenvalue weighted by atomic mass is 9.85. The zero-order chi connectivity index (χ0) is 12.1. The zero-order valence-electron chi connectivity index (χ0n) is 11.6. The van der Waals surface area contributed by atoms with Gasteiger partial charge in [0.1, 0.15) is 0 Å². The maximum atomic E-state index is 3.69. The summed E-state index contributed by atoms with van der Waals surface area (Å²) in [5, 5.41) is 3.69. The minimum Gasteiger partial charge on any atom is -0.314 e. The second kappa shape index (κ2) is 6.72. The molecule has 0 radical (unpaired) electrons. The molecule has 100 valence electrons. The molecular weight excluding hydrogens is 210 g/mol. The topological polar surface area (TPSA) is 18.5 Å². The minimum atomic E-state index is 0.827. The van der Waals surface area contributed by atoms with E-state index in [1.54, 1.807) is 0 Å². The van der Waals surface area contributed by atoms with Gasteiger partial charge in [-0.1, -0.05) is 13.8 Å². The van der Waals surface area contributed by atoms with E-state index < -0.39 is 0 Å². The molecule has 0 aliphatic carbocycles. The van der Waals surface area contributed by atoms with Gasteiger partial charge in [0, 0.05) is 25.7 Å². The summed E-state index contributed by atoms with van der Waals surface area (Å²) < 4.78 is 0. The summed E-state index contributed by atoms with van der Waals surface area (Å²) in [7, 11) is 0. The highest BCUT2D eigenvalue weighted by Gasteiger charge is 2.30. The fourth-order valence-corrected chi connectivity index (χ4v) is 3.35. The molecule has 0 amide bonds. The summed E-state index contributed by atoms with van der Waals surface area (Å²) in [6, 6.07) is 0.827. The Kier molecular flexibility index (Phi) is 5.26. The van der Waals surface area contributed by atoms with Crippen LogP contribution in [0.3, 0.4) is 0 Å². The molecule has 0 aromatic heterocycles. The van der Waals surface area contributed by atoms with Crippen LogP contribution >= 0.6 is 0 Å². The van der Waals surface area contributed by atoms with Gasteiger partial charge < -0.3 is 15.1 Å². The highest BCUT2D eigenvalue weighted by molar-refractivity contribution is 4.88. The standard InChI is InChI=1S/C14H29N3/c1-3-16(4-2)10-11-17-9-7-14-13(12-17)6-5-8-15-14/h13-15H,3-12H2,1-2H3.